The minimum atomic E-state index is -1.19. The number of carboxylic acids is 1. The average Bonchev–Trinajstić information content (AvgIpc) is 3.77. The van der Waals surface area contributed by atoms with Crippen LogP contribution in [0.2, 0.25) is 0 Å². The van der Waals surface area contributed by atoms with Crippen molar-refractivity contribution in [2.45, 2.75) is 32.2 Å². The second kappa shape index (κ2) is 17.1. The van der Waals surface area contributed by atoms with Crippen molar-refractivity contribution in [3.8, 4) is 11.6 Å². The Morgan fingerprint density at radius 3 is 2.40 bits per heavy atom. The van der Waals surface area contributed by atoms with Crippen LogP contribution in [0.5, 0.6) is 5.88 Å². The zero-order chi connectivity index (χ0) is 34.6. The summed E-state index contributed by atoms with van der Waals surface area (Å²) in [7, 11) is 0. The molecule has 16 nitrogen and oxygen atoms in total. The number of aliphatic carboxylic acids is 1. The second-order valence-electron chi connectivity index (χ2n) is 11.2. The molecule has 3 heterocycles. The Labute approximate surface area is 276 Å². The summed E-state index contributed by atoms with van der Waals surface area (Å²) in [6.45, 7) is 1.98. The van der Waals surface area contributed by atoms with Gasteiger partial charge in [0.2, 0.25) is 17.7 Å². The molecule has 2 aliphatic heterocycles. The van der Waals surface area contributed by atoms with Crippen molar-refractivity contribution in [3.05, 3.63) is 42.1 Å². The Bertz CT molecular complexity index is 1460. The van der Waals surface area contributed by atoms with E-state index in [-0.39, 0.29) is 76.2 Å². The van der Waals surface area contributed by atoms with Gasteiger partial charge in [-0.05, 0) is 31.9 Å². The van der Waals surface area contributed by atoms with Crippen LogP contribution < -0.4 is 15.4 Å². The lowest BCUT2D eigenvalue weighted by atomic mass is 10.1. The van der Waals surface area contributed by atoms with Gasteiger partial charge in [-0.3, -0.25) is 24.0 Å². The number of carboxylic acid groups (broad SMARTS) is 1. The molecule has 4 rings (SSSR count). The summed E-state index contributed by atoms with van der Waals surface area (Å²) in [5.74, 6) is -3.53. The van der Waals surface area contributed by atoms with Crippen LogP contribution in [0.25, 0.3) is 5.69 Å². The van der Waals surface area contributed by atoms with Crippen LogP contribution in [0.1, 0.15) is 36.7 Å². The number of para-hydroxylation sites is 1. The molecule has 1 aromatic heterocycles. The Hall–Kier alpha value is -5.22. The van der Waals surface area contributed by atoms with Crippen LogP contribution in [0.4, 0.5) is 9.18 Å². The minimum Gasteiger partial charge on any atom is -0.481 e. The highest BCUT2D eigenvalue weighted by molar-refractivity contribution is 5.96. The predicted molar refractivity (Wildman–Crippen MR) is 166 cm³/mol. The van der Waals surface area contributed by atoms with Gasteiger partial charge < -0.3 is 39.9 Å². The van der Waals surface area contributed by atoms with Crippen LogP contribution in [0, 0.1) is 5.92 Å². The first-order chi connectivity index (χ1) is 23.1. The van der Waals surface area contributed by atoms with Gasteiger partial charge in [0.1, 0.15) is 12.7 Å². The highest BCUT2D eigenvalue weighted by Gasteiger charge is 2.33. The minimum absolute atomic E-state index is 0.0552. The standard InChI is InChI=1S/C31H40FN7O9/c1-2-47-31(46)37-16-14-36(15-17-37)30(45)23(8-9-27(41)42)34-29(44)24-18-26(39(35-24)22-6-4-3-5-7-22)48-20-25(40)38-13-10-21(19-38)28(43)33-12-11-32/h3-7,18,21,23H,2,8-17,19-20H2,1H3,(H,33,43)(H,34,44)(H,41,42)/t21?,23-/m0/s1. The van der Waals surface area contributed by atoms with Crippen molar-refractivity contribution in [2.75, 3.05) is 65.7 Å². The number of carbonyl (C=O) groups is 6. The number of hydrogen-bond donors (Lipinski definition) is 3. The van der Waals surface area contributed by atoms with Crippen molar-refractivity contribution in [1.82, 2.24) is 35.1 Å². The lowest BCUT2D eigenvalue weighted by molar-refractivity contribution is -0.138. The van der Waals surface area contributed by atoms with Gasteiger partial charge in [-0.15, -0.1) is 0 Å². The van der Waals surface area contributed by atoms with Crippen molar-refractivity contribution in [1.29, 1.82) is 0 Å². The number of carbonyl (C=O) groups excluding carboxylic acids is 5. The van der Waals surface area contributed by atoms with Crippen LogP contribution >= 0.6 is 0 Å². The maximum absolute atomic E-state index is 13.5. The molecule has 0 radical (unpaired) electrons. The number of ether oxygens (including phenoxy) is 2. The van der Waals surface area contributed by atoms with Crippen molar-refractivity contribution in [2.24, 2.45) is 5.92 Å². The highest BCUT2D eigenvalue weighted by Crippen LogP contribution is 2.22. The second-order valence-corrected chi connectivity index (χ2v) is 11.2. The van der Waals surface area contributed by atoms with E-state index in [4.69, 9.17) is 9.47 Å². The fraction of sp³-hybridized carbons (Fsp3) is 0.516. The van der Waals surface area contributed by atoms with Gasteiger partial charge in [0.05, 0.1) is 18.2 Å². The lowest BCUT2D eigenvalue weighted by Gasteiger charge is -2.35. The summed E-state index contributed by atoms with van der Waals surface area (Å²) >= 11 is 0. The Morgan fingerprint density at radius 1 is 1.02 bits per heavy atom. The van der Waals surface area contributed by atoms with Crippen molar-refractivity contribution < 1.29 is 47.7 Å². The number of hydrogen-bond acceptors (Lipinski definition) is 9. The number of halogens is 1. The van der Waals surface area contributed by atoms with Crippen LogP contribution in [0.15, 0.2) is 36.4 Å². The molecule has 2 aliphatic rings. The summed E-state index contributed by atoms with van der Waals surface area (Å²) in [6, 6.07) is 8.80. The first-order valence-corrected chi connectivity index (χ1v) is 15.7. The zero-order valence-corrected chi connectivity index (χ0v) is 26.6. The van der Waals surface area contributed by atoms with Crippen LogP contribution in [-0.4, -0.2) is 137 Å². The molecule has 260 valence electrons. The monoisotopic (exact) mass is 673 g/mol. The van der Waals surface area contributed by atoms with Crippen LogP contribution in [-0.2, 0) is 23.9 Å². The van der Waals surface area contributed by atoms with Gasteiger partial charge in [-0.2, -0.15) is 5.10 Å². The largest absolute Gasteiger partial charge is 0.481 e. The maximum Gasteiger partial charge on any atom is 0.409 e. The Balaban J connectivity index is 1.45. The number of likely N-dealkylation sites (tertiary alicyclic amines) is 1. The predicted octanol–water partition coefficient (Wildman–Crippen LogP) is 0.449. The third-order valence-electron chi connectivity index (χ3n) is 7.93. The summed E-state index contributed by atoms with van der Waals surface area (Å²) in [4.78, 5) is 79.9. The number of amides is 5. The number of benzene rings is 1. The molecular formula is C31H40FN7O9. The molecule has 2 saturated heterocycles. The molecule has 0 saturated carbocycles. The van der Waals surface area contributed by atoms with E-state index >= 15 is 0 Å². The summed E-state index contributed by atoms with van der Waals surface area (Å²) in [5, 5.41) is 18.7. The van der Waals surface area contributed by atoms with Gasteiger partial charge in [0.25, 0.3) is 11.8 Å². The van der Waals surface area contributed by atoms with Gasteiger partial charge in [-0.1, -0.05) is 18.2 Å². The SMILES string of the molecule is CCOC(=O)N1CCN(C(=O)[C@H](CCC(=O)O)NC(=O)c2cc(OCC(=O)N3CCC(C(=O)NCCF)C3)n(-c3ccccc3)n2)CC1. The van der Waals surface area contributed by atoms with Gasteiger partial charge in [-0.25, -0.2) is 13.9 Å². The van der Waals surface area contributed by atoms with E-state index < -0.39 is 55.0 Å². The Kier molecular flexibility index (Phi) is 12.7. The summed E-state index contributed by atoms with van der Waals surface area (Å²) < 4.78 is 24.6. The molecule has 0 aliphatic carbocycles. The normalized spacial score (nSPS) is 16.6. The van der Waals surface area contributed by atoms with E-state index in [0.717, 1.165) is 0 Å². The molecule has 1 aromatic carbocycles. The van der Waals surface area contributed by atoms with E-state index in [1.807, 2.05) is 0 Å². The molecule has 3 N–H and O–H groups in total. The molecule has 2 atom stereocenters. The summed E-state index contributed by atoms with van der Waals surface area (Å²) in [5.41, 5.74) is 0.370. The van der Waals surface area contributed by atoms with Crippen molar-refractivity contribution in [3.63, 3.8) is 0 Å². The molecule has 0 spiro atoms. The maximum atomic E-state index is 13.5. The molecule has 48 heavy (non-hydrogen) atoms. The van der Waals surface area contributed by atoms with E-state index in [0.29, 0.717) is 18.7 Å². The fourth-order valence-corrected chi connectivity index (χ4v) is 5.38. The molecule has 2 aromatic rings. The number of piperazine rings is 1. The lowest BCUT2D eigenvalue weighted by Crippen LogP contribution is -2.56. The summed E-state index contributed by atoms with van der Waals surface area (Å²) in [6.07, 6.45) is -0.628. The Morgan fingerprint density at radius 2 is 1.73 bits per heavy atom. The quantitative estimate of drug-likeness (QED) is 0.254. The fourth-order valence-electron chi connectivity index (χ4n) is 5.38. The molecule has 0 bridgehead atoms. The molecule has 2 fully saturated rings. The third-order valence-corrected chi connectivity index (χ3v) is 7.93. The molecule has 5 amide bonds. The van der Waals surface area contributed by atoms with E-state index in [2.05, 4.69) is 15.7 Å². The van der Waals surface area contributed by atoms with Gasteiger partial charge >= 0.3 is 12.1 Å². The van der Waals surface area contributed by atoms with E-state index in [9.17, 15) is 38.3 Å². The number of aromatic nitrogens is 2. The number of alkyl halides is 1. The van der Waals surface area contributed by atoms with Gasteiger partial charge in [0.15, 0.2) is 12.3 Å². The third kappa shape index (κ3) is 9.42. The molecular weight excluding hydrogens is 633 g/mol. The van der Waals surface area contributed by atoms with E-state index in [1.165, 1.54) is 25.4 Å². The number of rotatable bonds is 14. The van der Waals surface area contributed by atoms with Crippen LogP contribution in [0.3, 0.4) is 0 Å². The smallest absolute Gasteiger partial charge is 0.409 e. The zero-order valence-electron chi connectivity index (χ0n) is 26.6. The highest BCUT2D eigenvalue weighted by atomic mass is 19.1. The number of nitrogens with zero attached hydrogens (tertiary/aromatic N) is 5. The first kappa shape index (κ1) is 35.6. The molecule has 1 unspecified atom stereocenters. The molecule has 17 heteroatoms. The van der Waals surface area contributed by atoms with E-state index in [1.54, 1.807) is 37.3 Å². The number of nitrogens with one attached hydrogen (secondary N) is 2. The first-order valence-electron chi connectivity index (χ1n) is 15.7. The van der Waals surface area contributed by atoms with Gasteiger partial charge in [0, 0.05) is 58.3 Å². The van der Waals surface area contributed by atoms with Crippen molar-refractivity contribution >= 4 is 35.7 Å². The topological polar surface area (TPSA) is 193 Å². The average molecular weight is 674 g/mol.